The van der Waals surface area contributed by atoms with Gasteiger partial charge >= 0.3 is 0 Å². The van der Waals surface area contributed by atoms with Crippen molar-refractivity contribution in [2.75, 3.05) is 13.2 Å². The van der Waals surface area contributed by atoms with Crippen LogP contribution in [0.5, 0.6) is 0 Å². The predicted molar refractivity (Wildman–Crippen MR) is 84.9 cm³/mol. The fourth-order valence-corrected chi connectivity index (χ4v) is 3.29. The van der Waals surface area contributed by atoms with Crippen LogP contribution in [0.25, 0.3) is 10.6 Å². The maximum Gasteiger partial charge on any atom is 0.271 e. The molecule has 23 heavy (non-hydrogen) atoms. The van der Waals surface area contributed by atoms with E-state index in [-0.39, 0.29) is 22.5 Å². The number of likely N-dealkylation sites (N-methyl/N-ethyl adjacent to an activating group) is 1. The average Bonchev–Trinajstić information content (AvgIpc) is 3.12. The third-order valence-corrected chi connectivity index (χ3v) is 4.72. The van der Waals surface area contributed by atoms with E-state index in [0.29, 0.717) is 11.6 Å². The maximum absolute atomic E-state index is 12.3. The Kier molecular flexibility index (Phi) is 4.56. The molecule has 7 nitrogen and oxygen atoms in total. The standard InChI is InChI=1S/C14H13ClN4O3S/c1-2-19-14(21)9(7-22-19)17-12(20)10-11(15)18-13(23-10)8-4-3-5-16-6-8/h3-6,9H,2,7H2,1H3,(H,17,20). The van der Waals surface area contributed by atoms with Crippen molar-refractivity contribution in [1.29, 1.82) is 0 Å². The van der Waals surface area contributed by atoms with Gasteiger partial charge in [0.25, 0.3) is 11.8 Å². The van der Waals surface area contributed by atoms with Gasteiger partial charge in [-0.25, -0.2) is 10.0 Å². The van der Waals surface area contributed by atoms with E-state index >= 15 is 0 Å². The van der Waals surface area contributed by atoms with E-state index in [1.807, 2.05) is 6.07 Å². The molecule has 2 amide bonds. The second-order valence-electron chi connectivity index (χ2n) is 4.74. The number of thiazole rings is 1. The zero-order chi connectivity index (χ0) is 16.4. The summed E-state index contributed by atoms with van der Waals surface area (Å²) >= 11 is 7.21. The van der Waals surface area contributed by atoms with Crippen LogP contribution in [0.3, 0.4) is 0 Å². The van der Waals surface area contributed by atoms with Crippen LogP contribution < -0.4 is 5.32 Å². The van der Waals surface area contributed by atoms with Gasteiger partial charge in [0.05, 0.1) is 0 Å². The van der Waals surface area contributed by atoms with Crippen LogP contribution in [0.15, 0.2) is 24.5 Å². The SMILES string of the molecule is CCN1OCC(NC(=O)c2sc(-c3cccnc3)nc2Cl)C1=O. The van der Waals surface area contributed by atoms with Crippen molar-refractivity contribution in [2.24, 2.45) is 0 Å². The molecule has 2 aromatic heterocycles. The molecule has 0 saturated carbocycles. The van der Waals surface area contributed by atoms with Crippen molar-refractivity contribution in [3.05, 3.63) is 34.6 Å². The molecule has 0 spiro atoms. The van der Waals surface area contributed by atoms with Crippen LogP contribution in [0, 0.1) is 0 Å². The Morgan fingerprint density at radius 3 is 3.09 bits per heavy atom. The maximum atomic E-state index is 12.3. The summed E-state index contributed by atoms with van der Waals surface area (Å²) in [5.41, 5.74) is 0.774. The van der Waals surface area contributed by atoms with E-state index < -0.39 is 11.9 Å². The molecule has 1 unspecified atom stereocenters. The Bertz CT molecular complexity index is 737. The molecule has 0 bridgehead atoms. The lowest BCUT2D eigenvalue weighted by molar-refractivity contribution is -0.160. The summed E-state index contributed by atoms with van der Waals surface area (Å²) in [5, 5.41) is 4.55. The molecule has 0 aliphatic carbocycles. The number of pyridine rings is 1. The smallest absolute Gasteiger partial charge is 0.271 e. The lowest BCUT2D eigenvalue weighted by atomic mass is 10.3. The van der Waals surface area contributed by atoms with Crippen molar-refractivity contribution in [3.8, 4) is 10.6 Å². The third kappa shape index (κ3) is 3.19. The molecule has 3 heterocycles. The third-order valence-electron chi connectivity index (χ3n) is 3.23. The van der Waals surface area contributed by atoms with Gasteiger partial charge in [-0.3, -0.25) is 19.4 Å². The first-order chi connectivity index (χ1) is 11.1. The van der Waals surface area contributed by atoms with Crippen molar-refractivity contribution in [1.82, 2.24) is 20.3 Å². The zero-order valence-electron chi connectivity index (χ0n) is 12.2. The Labute approximate surface area is 141 Å². The number of hydrogen-bond donors (Lipinski definition) is 1. The van der Waals surface area contributed by atoms with E-state index in [1.54, 1.807) is 25.4 Å². The molecule has 1 saturated heterocycles. The summed E-state index contributed by atoms with van der Waals surface area (Å²) in [6.07, 6.45) is 3.29. The van der Waals surface area contributed by atoms with Gasteiger partial charge in [-0.2, -0.15) is 0 Å². The molecule has 0 aromatic carbocycles. The molecular weight excluding hydrogens is 340 g/mol. The number of rotatable bonds is 4. The molecule has 1 aliphatic rings. The Balaban J connectivity index is 1.76. The second kappa shape index (κ2) is 6.61. The highest BCUT2D eigenvalue weighted by Crippen LogP contribution is 2.30. The lowest BCUT2D eigenvalue weighted by Crippen LogP contribution is -2.42. The first kappa shape index (κ1) is 15.9. The monoisotopic (exact) mass is 352 g/mol. The summed E-state index contributed by atoms with van der Waals surface area (Å²) in [6.45, 7) is 2.34. The predicted octanol–water partition coefficient (Wildman–Crippen LogP) is 1.75. The van der Waals surface area contributed by atoms with Crippen LogP contribution in [-0.4, -0.2) is 46.0 Å². The van der Waals surface area contributed by atoms with Gasteiger partial charge in [0, 0.05) is 24.5 Å². The number of hydrogen-bond acceptors (Lipinski definition) is 6. The summed E-state index contributed by atoms with van der Waals surface area (Å²) in [6, 6.07) is 2.90. The first-order valence-corrected chi connectivity index (χ1v) is 8.11. The van der Waals surface area contributed by atoms with Crippen LogP contribution >= 0.6 is 22.9 Å². The molecule has 9 heteroatoms. The van der Waals surface area contributed by atoms with Crippen LogP contribution in [-0.2, 0) is 9.63 Å². The number of nitrogens with zero attached hydrogens (tertiary/aromatic N) is 3. The molecule has 3 rings (SSSR count). The summed E-state index contributed by atoms with van der Waals surface area (Å²) in [7, 11) is 0. The van der Waals surface area contributed by atoms with Crippen LogP contribution in [0.2, 0.25) is 5.15 Å². The average molecular weight is 353 g/mol. The van der Waals surface area contributed by atoms with E-state index in [2.05, 4.69) is 15.3 Å². The highest BCUT2D eigenvalue weighted by molar-refractivity contribution is 7.17. The molecule has 120 valence electrons. The molecular formula is C14H13ClN4O3S. The van der Waals surface area contributed by atoms with Gasteiger partial charge in [0.2, 0.25) is 0 Å². The first-order valence-electron chi connectivity index (χ1n) is 6.92. The summed E-state index contributed by atoms with van der Waals surface area (Å²) in [5.74, 6) is -0.712. The van der Waals surface area contributed by atoms with Gasteiger partial charge in [0.15, 0.2) is 5.15 Å². The van der Waals surface area contributed by atoms with Crippen molar-refractivity contribution in [2.45, 2.75) is 13.0 Å². The zero-order valence-corrected chi connectivity index (χ0v) is 13.7. The van der Waals surface area contributed by atoms with Gasteiger partial charge in [-0.05, 0) is 19.1 Å². The van der Waals surface area contributed by atoms with Crippen molar-refractivity contribution >= 4 is 34.8 Å². The highest BCUT2D eigenvalue weighted by Gasteiger charge is 2.34. The fraction of sp³-hybridized carbons (Fsp3) is 0.286. The van der Waals surface area contributed by atoms with Crippen LogP contribution in [0.1, 0.15) is 16.6 Å². The topological polar surface area (TPSA) is 84.4 Å². The van der Waals surface area contributed by atoms with E-state index in [0.717, 1.165) is 16.9 Å². The van der Waals surface area contributed by atoms with Gasteiger partial charge in [0.1, 0.15) is 22.5 Å². The molecule has 1 fully saturated rings. The highest BCUT2D eigenvalue weighted by atomic mass is 35.5. The minimum atomic E-state index is -0.706. The fourth-order valence-electron chi connectivity index (χ4n) is 2.10. The number of carbonyl (C=O) groups excluding carboxylic acids is 2. The molecule has 2 aromatic rings. The van der Waals surface area contributed by atoms with Crippen molar-refractivity contribution < 1.29 is 14.4 Å². The molecule has 1 atom stereocenters. The van der Waals surface area contributed by atoms with E-state index in [9.17, 15) is 9.59 Å². The Hall–Kier alpha value is -2.03. The van der Waals surface area contributed by atoms with E-state index in [4.69, 9.17) is 16.4 Å². The van der Waals surface area contributed by atoms with Gasteiger partial charge < -0.3 is 5.32 Å². The van der Waals surface area contributed by atoms with Crippen LogP contribution in [0.4, 0.5) is 0 Å². The number of halogens is 1. The number of carbonyl (C=O) groups is 2. The summed E-state index contributed by atoms with van der Waals surface area (Å²) in [4.78, 5) is 37.9. The van der Waals surface area contributed by atoms with E-state index in [1.165, 1.54) is 5.06 Å². The Morgan fingerprint density at radius 1 is 1.61 bits per heavy atom. The normalized spacial score (nSPS) is 17.6. The second-order valence-corrected chi connectivity index (χ2v) is 6.09. The molecule has 1 N–H and O–H groups in total. The number of hydroxylamine groups is 2. The summed E-state index contributed by atoms with van der Waals surface area (Å²) < 4.78 is 0. The molecule has 0 radical (unpaired) electrons. The van der Waals surface area contributed by atoms with Gasteiger partial charge in [-0.15, -0.1) is 11.3 Å². The molecule has 1 aliphatic heterocycles. The van der Waals surface area contributed by atoms with Crippen molar-refractivity contribution in [3.63, 3.8) is 0 Å². The Morgan fingerprint density at radius 2 is 2.43 bits per heavy atom. The van der Waals surface area contributed by atoms with Gasteiger partial charge in [-0.1, -0.05) is 11.6 Å². The minimum Gasteiger partial charge on any atom is -0.337 e. The number of amides is 2. The lowest BCUT2D eigenvalue weighted by Gasteiger charge is -2.11. The minimum absolute atomic E-state index is 0.102. The largest absolute Gasteiger partial charge is 0.337 e. The number of aromatic nitrogens is 2. The number of nitrogens with one attached hydrogen (secondary N) is 1. The quantitative estimate of drug-likeness (QED) is 0.906.